The van der Waals surface area contributed by atoms with Crippen LogP contribution >= 0.6 is 0 Å². The van der Waals surface area contributed by atoms with Crippen molar-refractivity contribution in [2.45, 2.75) is 62.3 Å². The van der Waals surface area contributed by atoms with E-state index in [9.17, 15) is 16.8 Å². The average molecular weight is 506 g/mol. The number of aryl methyl sites for hydroxylation is 1. The van der Waals surface area contributed by atoms with Crippen LogP contribution in [0, 0.1) is 13.8 Å². The van der Waals surface area contributed by atoms with Crippen molar-refractivity contribution in [3.05, 3.63) is 53.6 Å². The molecule has 2 aromatic rings. The Morgan fingerprint density at radius 3 is 2.03 bits per heavy atom. The highest BCUT2D eigenvalue weighted by Crippen LogP contribution is 2.29. The predicted octanol–water partition coefficient (Wildman–Crippen LogP) is 3.77. The highest BCUT2D eigenvalue weighted by atomic mass is 32.2. The molecule has 0 amide bonds. The molecule has 2 heterocycles. The van der Waals surface area contributed by atoms with E-state index >= 15 is 0 Å². The number of rotatable bonds is 6. The van der Waals surface area contributed by atoms with Gasteiger partial charge in [-0.3, -0.25) is 0 Å². The molecule has 7 nitrogen and oxygen atoms in total. The molecule has 0 aliphatic carbocycles. The Labute approximate surface area is 204 Å². The summed E-state index contributed by atoms with van der Waals surface area (Å²) in [7, 11) is -7.33. The van der Waals surface area contributed by atoms with Crippen LogP contribution in [-0.4, -0.2) is 64.2 Å². The predicted molar refractivity (Wildman–Crippen MR) is 135 cm³/mol. The second kappa shape index (κ2) is 9.97. The number of piperazine rings is 1. The largest absolute Gasteiger partial charge is 0.369 e. The highest BCUT2D eigenvalue weighted by Gasteiger charge is 2.33. The van der Waals surface area contributed by atoms with Crippen molar-refractivity contribution < 1.29 is 16.8 Å². The first kappa shape index (κ1) is 25.2. The van der Waals surface area contributed by atoms with E-state index in [2.05, 4.69) is 30.9 Å². The molecule has 0 spiro atoms. The standard InChI is InChI=1S/C25H35N3O4S2/c1-4-22-9-5-6-15-28(22)34(31,32)24-13-11-23(12-14-24)33(29,30)27-18-16-26(17-19-27)25-10-7-8-20(2)21(25)3/h7-8,10-14,22H,4-6,9,15-19H2,1-3H3/t22-/m0/s1. The minimum Gasteiger partial charge on any atom is -0.369 e. The van der Waals surface area contributed by atoms with E-state index in [1.165, 1.54) is 39.7 Å². The molecule has 2 aromatic carbocycles. The normalized spacial score (nSPS) is 21.0. The molecular weight excluding hydrogens is 470 g/mol. The Bertz CT molecular complexity index is 1220. The molecule has 2 aliphatic heterocycles. The van der Waals surface area contributed by atoms with Gasteiger partial charge in [0.05, 0.1) is 9.79 Å². The van der Waals surface area contributed by atoms with Crippen molar-refractivity contribution in [3.8, 4) is 0 Å². The first-order valence-electron chi connectivity index (χ1n) is 12.1. The van der Waals surface area contributed by atoms with Crippen LogP contribution in [0.2, 0.25) is 0 Å². The van der Waals surface area contributed by atoms with Crippen LogP contribution in [0.15, 0.2) is 52.3 Å². The summed E-state index contributed by atoms with van der Waals surface area (Å²) < 4.78 is 56.0. The molecule has 0 bridgehead atoms. The summed E-state index contributed by atoms with van der Waals surface area (Å²) in [5, 5.41) is 0. The van der Waals surface area contributed by atoms with Gasteiger partial charge in [0.1, 0.15) is 0 Å². The molecule has 9 heteroatoms. The third-order valence-corrected chi connectivity index (χ3v) is 11.1. The molecule has 4 rings (SSSR count). The van der Waals surface area contributed by atoms with Gasteiger partial charge in [-0.1, -0.05) is 25.5 Å². The Hall–Kier alpha value is -1.94. The fourth-order valence-electron chi connectivity index (χ4n) is 5.01. The number of sulfonamides is 2. The van der Waals surface area contributed by atoms with Crippen LogP contribution < -0.4 is 4.90 Å². The molecule has 2 fully saturated rings. The zero-order valence-electron chi connectivity index (χ0n) is 20.3. The summed E-state index contributed by atoms with van der Waals surface area (Å²) in [4.78, 5) is 2.52. The first-order valence-corrected chi connectivity index (χ1v) is 15.0. The zero-order valence-corrected chi connectivity index (χ0v) is 21.9. The fourth-order valence-corrected chi connectivity index (χ4v) is 8.20. The van der Waals surface area contributed by atoms with E-state index < -0.39 is 20.0 Å². The Balaban J connectivity index is 1.48. The van der Waals surface area contributed by atoms with Gasteiger partial charge in [0, 0.05) is 44.5 Å². The van der Waals surface area contributed by atoms with Crippen LogP contribution in [0.5, 0.6) is 0 Å². The zero-order chi connectivity index (χ0) is 24.5. The van der Waals surface area contributed by atoms with Gasteiger partial charge in [-0.05, 0) is 74.6 Å². The van der Waals surface area contributed by atoms with Gasteiger partial charge in [0.2, 0.25) is 20.0 Å². The Morgan fingerprint density at radius 2 is 1.41 bits per heavy atom. The van der Waals surface area contributed by atoms with Gasteiger partial charge in [-0.25, -0.2) is 16.8 Å². The Morgan fingerprint density at radius 1 is 0.794 bits per heavy atom. The number of piperidine rings is 1. The average Bonchev–Trinajstić information content (AvgIpc) is 2.86. The molecule has 0 N–H and O–H groups in total. The highest BCUT2D eigenvalue weighted by molar-refractivity contribution is 7.89. The van der Waals surface area contributed by atoms with Crippen molar-refractivity contribution in [3.63, 3.8) is 0 Å². The smallest absolute Gasteiger partial charge is 0.243 e. The lowest BCUT2D eigenvalue weighted by Gasteiger charge is -2.36. The molecule has 186 valence electrons. The number of benzene rings is 2. The van der Waals surface area contributed by atoms with Crippen LogP contribution in [0.4, 0.5) is 5.69 Å². The molecule has 0 radical (unpaired) electrons. The van der Waals surface area contributed by atoms with Gasteiger partial charge in [-0.15, -0.1) is 0 Å². The second-order valence-electron chi connectivity index (χ2n) is 9.26. The number of anilines is 1. The van der Waals surface area contributed by atoms with Crippen molar-refractivity contribution in [1.29, 1.82) is 0 Å². The molecule has 2 saturated heterocycles. The summed E-state index contributed by atoms with van der Waals surface area (Å²) in [5.41, 5.74) is 3.58. The summed E-state index contributed by atoms with van der Waals surface area (Å²) in [6.45, 7) is 8.71. The maximum atomic E-state index is 13.3. The third-order valence-electron chi connectivity index (χ3n) is 7.27. The maximum Gasteiger partial charge on any atom is 0.243 e. The molecule has 0 unspecified atom stereocenters. The van der Waals surface area contributed by atoms with Gasteiger partial charge < -0.3 is 4.90 Å². The van der Waals surface area contributed by atoms with Crippen molar-refractivity contribution in [2.24, 2.45) is 0 Å². The van der Waals surface area contributed by atoms with E-state index in [-0.39, 0.29) is 15.8 Å². The van der Waals surface area contributed by atoms with Gasteiger partial charge in [0.15, 0.2) is 0 Å². The lowest BCUT2D eigenvalue weighted by Crippen LogP contribution is -2.48. The summed E-state index contributed by atoms with van der Waals surface area (Å²) in [6, 6.07) is 12.0. The van der Waals surface area contributed by atoms with E-state index in [0.717, 1.165) is 31.4 Å². The topological polar surface area (TPSA) is 78.0 Å². The SMILES string of the molecule is CC[C@H]1CCCCN1S(=O)(=O)c1ccc(S(=O)(=O)N2CCN(c3cccc(C)c3C)CC2)cc1. The minimum atomic E-state index is -3.69. The monoisotopic (exact) mass is 505 g/mol. The number of hydrogen-bond donors (Lipinski definition) is 0. The molecule has 34 heavy (non-hydrogen) atoms. The summed E-state index contributed by atoms with van der Waals surface area (Å²) >= 11 is 0. The van der Waals surface area contributed by atoms with Crippen molar-refractivity contribution in [2.75, 3.05) is 37.6 Å². The first-order chi connectivity index (χ1) is 16.2. The number of hydrogen-bond acceptors (Lipinski definition) is 5. The quantitative estimate of drug-likeness (QED) is 0.597. The van der Waals surface area contributed by atoms with Crippen LogP contribution in [0.25, 0.3) is 0 Å². The van der Waals surface area contributed by atoms with Gasteiger partial charge in [-0.2, -0.15) is 8.61 Å². The van der Waals surface area contributed by atoms with E-state index in [1.807, 2.05) is 13.0 Å². The number of nitrogens with zero attached hydrogens (tertiary/aromatic N) is 3. The maximum absolute atomic E-state index is 13.3. The van der Waals surface area contributed by atoms with Gasteiger partial charge >= 0.3 is 0 Å². The van der Waals surface area contributed by atoms with Crippen molar-refractivity contribution in [1.82, 2.24) is 8.61 Å². The van der Waals surface area contributed by atoms with E-state index in [0.29, 0.717) is 32.7 Å². The third kappa shape index (κ3) is 4.76. The second-order valence-corrected chi connectivity index (χ2v) is 13.1. The molecule has 0 saturated carbocycles. The van der Waals surface area contributed by atoms with Gasteiger partial charge in [0.25, 0.3) is 0 Å². The minimum absolute atomic E-state index is 0.00972. The molecule has 1 atom stereocenters. The Kier molecular flexibility index (Phi) is 7.38. The van der Waals surface area contributed by atoms with Crippen LogP contribution in [-0.2, 0) is 20.0 Å². The van der Waals surface area contributed by atoms with Crippen LogP contribution in [0.3, 0.4) is 0 Å². The lowest BCUT2D eigenvalue weighted by atomic mass is 10.0. The van der Waals surface area contributed by atoms with Crippen LogP contribution in [0.1, 0.15) is 43.7 Å². The lowest BCUT2D eigenvalue weighted by molar-refractivity contribution is 0.246. The molecule has 0 aromatic heterocycles. The summed E-state index contributed by atoms with van der Waals surface area (Å²) in [5.74, 6) is 0. The fraction of sp³-hybridized carbons (Fsp3) is 0.520. The van der Waals surface area contributed by atoms with E-state index in [4.69, 9.17) is 0 Å². The van der Waals surface area contributed by atoms with Crippen molar-refractivity contribution >= 4 is 25.7 Å². The van der Waals surface area contributed by atoms with E-state index in [1.54, 1.807) is 4.31 Å². The molecular formula is C25H35N3O4S2. The molecule has 2 aliphatic rings. The summed E-state index contributed by atoms with van der Waals surface area (Å²) in [6.07, 6.45) is 3.55.